The molecule has 5 nitrogen and oxygen atoms in total. The first-order valence-corrected chi connectivity index (χ1v) is 12.2. The Kier molecular flexibility index (Phi) is 4.78. The van der Waals surface area contributed by atoms with E-state index in [2.05, 4.69) is 96.1 Å². The standard InChI is InChI=1S/C28H25N5S/c1-16-11-21(15-30-28(16)33-18(3)5-6-19(33)4)26-14-25-27(34-26)24(9-10-29-25)32-22-7-8-23-20(13-22)12-17(2)31-23/h5-15,31H,1-4H3,(H,29,32). The monoisotopic (exact) mass is 463 g/mol. The average Bonchev–Trinajstić information content (AvgIpc) is 3.50. The zero-order chi connectivity index (χ0) is 23.4. The molecule has 6 aromatic rings. The number of anilines is 2. The molecule has 6 rings (SSSR count). The molecule has 0 amide bonds. The van der Waals surface area contributed by atoms with Crippen molar-refractivity contribution in [3.63, 3.8) is 0 Å². The number of benzene rings is 1. The molecule has 0 aliphatic carbocycles. The molecule has 34 heavy (non-hydrogen) atoms. The fourth-order valence-corrected chi connectivity index (χ4v) is 5.69. The summed E-state index contributed by atoms with van der Waals surface area (Å²) in [6.45, 7) is 8.44. The second kappa shape index (κ2) is 7.85. The van der Waals surface area contributed by atoms with E-state index in [0.29, 0.717) is 0 Å². The molecule has 5 aromatic heterocycles. The van der Waals surface area contributed by atoms with Gasteiger partial charge in [-0.1, -0.05) is 0 Å². The van der Waals surface area contributed by atoms with E-state index >= 15 is 0 Å². The topological polar surface area (TPSA) is 58.5 Å². The van der Waals surface area contributed by atoms with Gasteiger partial charge in [-0.2, -0.15) is 0 Å². The Morgan fingerprint density at radius 1 is 0.882 bits per heavy atom. The highest BCUT2D eigenvalue weighted by molar-refractivity contribution is 7.22. The summed E-state index contributed by atoms with van der Waals surface area (Å²) in [6.07, 6.45) is 3.84. The van der Waals surface area contributed by atoms with Gasteiger partial charge in [0.15, 0.2) is 0 Å². The molecule has 0 unspecified atom stereocenters. The van der Waals surface area contributed by atoms with Gasteiger partial charge in [0.1, 0.15) is 5.82 Å². The number of fused-ring (bicyclic) bond motifs is 2. The molecular formula is C28H25N5S. The van der Waals surface area contributed by atoms with Gasteiger partial charge in [-0.25, -0.2) is 4.98 Å². The van der Waals surface area contributed by atoms with Crippen LogP contribution in [0, 0.1) is 27.7 Å². The van der Waals surface area contributed by atoms with Crippen LogP contribution in [0.5, 0.6) is 0 Å². The number of pyridine rings is 2. The van der Waals surface area contributed by atoms with Crippen LogP contribution >= 0.6 is 11.3 Å². The lowest BCUT2D eigenvalue weighted by Gasteiger charge is -2.12. The highest BCUT2D eigenvalue weighted by Gasteiger charge is 2.13. The molecule has 0 aliphatic rings. The third-order valence-corrected chi connectivity index (χ3v) is 7.47. The molecule has 2 N–H and O–H groups in total. The summed E-state index contributed by atoms with van der Waals surface area (Å²) in [7, 11) is 0. The molecule has 0 fully saturated rings. The molecule has 0 aliphatic heterocycles. The first kappa shape index (κ1) is 20.7. The van der Waals surface area contributed by atoms with Crippen molar-refractivity contribution in [3.8, 4) is 16.3 Å². The summed E-state index contributed by atoms with van der Waals surface area (Å²) in [4.78, 5) is 14.0. The number of nitrogens with one attached hydrogen (secondary N) is 2. The third-order valence-electron chi connectivity index (χ3n) is 6.26. The predicted octanol–water partition coefficient (Wildman–Crippen LogP) is 7.61. The Hall–Kier alpha value is -3.90. The number of hydrogen-bond donors (Lipinski definition) is 2. The fraction of sp³-hybridized carbons (Fsp3) is 0.143. The largest absolute Gasteiger partial charge is 0.359 e. The van der Waals surface area contributed by atoms with Gasteiger partial charge in [0.05, 0.1) is 15.9 Å². The fourth-order valence-electron chi connectivity index (χ4n) is 4.63. The van der Waals surface area contributed by atoms with Gasteiger partial charge < -0.3 is 14.9 Å². The molecule has 0 radical (unpaired) electrons. The van der Waals surface area contributed by atoms with Crippen LogP contribution in [0.25, 0.3) is 37.4 Å². The number of aryl methyl sites for hydroxylation is 4. The molecule has 5 heterocycles. The molecule has 0 bridgehead atoms. The number of aromatic amines is 1. The van der Waals surface area contributed by atoms with E-state index in [1.165, 1.54) is 22.5 Å². The maximum Gasteiger partial charge on any atom is 0.139 e. The molecule has 168 valence electrons. The summed E-state index contributed by atoms with van der Waals surface area (Å²) >= 11 is 1.74. The molecule has 0 spiro atoms. The highest BCUT2D eigenvalue weighted by atomic mass is 32.1. The first-order chi connectivity index (χ1) is 16.5. The van der Waals surface area contributed by atoms with E-state index in [0.717, 1.165) is 48.9 Å². The highest BCUT2D eigenvalue weighted by Crippen LogP contribution is 2.38. The second-order valence-electron chi connectivity index (χ2n) is 8.88. The lowest BCUT2D eigenvalue weighted by molar-refractivity contribution is 0.911. The molecule has 0 saturated heterocycles. The van der Waals surface area contributed by atoms with Crippen molar-refractivity contribution in [2.75, 3.05) is 5.32 Å². The van der Waals surface area contributed by atoms with Crippen molar-refractivity contribution in [3.05, 3.63) is 89.6 Å². The van der Waals surface area contributed by atoms with Crippen LogP contribution in [0.2, 0.25) is 0 Å². The van der Waals surface area contributed by atoms with Gasteiger partial charge >= 0.3 is 0 Å². The molecule has 6 heteroatoms. The summed E-state index contributed by atoms with van der Waals surface area (Å²) in [5.41, 5.74) is 10.1. The van der Waals surface area contributed by atoms with E-state index in [9.17, 15) is 0 Å². The first-order valence-electron chi connectivity index (χ1n) is 11.3. The minimum Gasteiger partial charge on any atom is -0.359 e. The van der Waals surface area contributed by atoms with Crippen molar-refractivity contribution in [1.29, 1.82) is 0 Å². The van der Waals surface area contributed by atoms with Gasteiger partial charge in [0.2, 0.25) is 0 Å². The van der Waals surface area contributed by atoms with Crippen LogP contribution in [-0.4, -0.2) is 19.5 Å². The van der Waals surface area contributed by atoms with Crippen molar-refractivity contribution in [2.24, 2.45) is 0 Å². The normalized spacial score (nSPS) is 11.5. The lowest BCUT2D eigenvalue weighted by Crippen LogP contribution is -2.04. The number of H-pyrrole nitrogens is 1. The zero-order valence-corrected chi connectivity index (χ0v) is 20.4. The van der Waals surface area contributed by atoms with Crippen molar-refractivity contribution < 1.29 is 0 Å². The van der Waals surface area contributed by atoms with Crippen LogP contribution < -0.4 is 5.32 Å². The Balaban J connectivity index is 1.36. The third kappa shape index (κ3) is 3.47. The van der Waals surface area contributed by atoms with E-state index in [1.807, 2.05) is 18.5 Å². The Morgan fingerprint density at radius 2 is 1.71 bits per heavy atom. The van der Waals surface area contributed by atoms with Gasteiger partial charge in [-0.3, -0.25) is 4.98 Å². The summed E-state index contributed by atoms with van der Waals surface area (Å²) in [5, 5.41) is 4.81. The number of aromatic nitrogens is 4. The van der Waals surface area contributed by atoms with Gasteiger partial charge in [-0.05, 0) is 87.9 Å². The Morgan fingerprint density at radius 3 is 2.50 bits per heavy atom. The minimum atomic E-state index is 0.987. The molecule has 0 atom stereocenters. The number of nitrogens with zero attached hydrogens (tertiary/aromatic N) is 3. The zero-order valence-electron chi connectivity index (χ0n) is 19.6. The summed E-state index contributed by atoms with van der Waals surface area (Å²) < 4.78 is 3.35. The number of hydrogen-bond acceptors (Lipinski definition) is 4. The van der Waals surface area contributed by atoms with Crippen molar-refractivity contribution in [1.82, 2.24) is 19.5 Å². The Bertz CT molecular complexity index is 1660. The maximum atomic E-state index is 4.84. The van der Waals surface area contributed by atoms with Gasteiger partial charge in [0, 0.05) is 56.5 Å². The number of rotatable bonds is 4. The van der Waals surface area contributed by atoms with E-state index in [1.54, 1.807) is 11.3 Å². The SMILES string of the molecule is Cc1cc2cc(Nc3ccnc4cc(-c5cnc(-n6c(C)ccc6C)c(C)c5)sc34)ccc2[nH]1. The molecular weight excluding hydrogens is 438 g/mol. The predicted molar refractivity (Wildman–Crippen MR) is 143 cm³/mol. The van der Waals surface area contributed by atoms with Gasteiger partial charge in [0.25, 0.3) is 0 Å². The molecule has 0 saturated carbocycles. The van der Waals surface area contributed by atoms with Crippen LogP contribution in [0.15, 0.2) is 67.0 Å². The van der Waals surface area contributed by atoms with Crippen LogP contribution in [0.4, 0.5) is 11.4 Å². The van der Waals surface area contributed by atoms with Crippen molar-refractivity contribution in [2.45, 2.75) is 27.7 Å². The van der Waals surface area contributed by atoms with E-state index in [4.69, 9.17) is 4.98 Å². The van der Waals surface area contributed by atoms with Crippen LogP contribution in [-0.2, 0) is 0 Å². The quantitative estimate of drug-likeness (QED) is 0.283. The Labute approximate surface area is 202 Å². The summed E-state index contributed by atoms with van der Waals surface area (Å²) in [5.74, 6) is 0.987. The maximum absolute atomic E-state index is 4.84. The van der Waals surface area contributed by atoms with Crippen LogP contribution in [0.1, 0.15) is 22.6 Å². The van der Waals surface area contributed by atoms with E-state index in [-0.39, 0.29) is 0 Å². The second-order valence-corrected chi connectivity index (χ2v) is 9.93. The minimum absolute atomic E-state index is 0.987. The average molecular weight is 464 g/mol. The molecule has 1 aromatic carbocycles. The summed E-state index contributed by atoms with van der Waals surface area (Å²) in [6, 6.07) is 19.3. The smallest absolute Gasteiger partial charge is 0.139 e. The van der Waals surface area contributed by atoms with E-state index < -0.39 is 0 Å². The van der Waals surface area contributed by atoms with Gasteiger partial charge in [-0.15, -0.1) is 11.3 Å². The lowest BCUT2D eigenvalue weighted by atomic mass is 10.1. The van der Waals surface area contributed by atoms with Crippen LogP contribution in [0.3, 0.4) is 0 Å². The number of thiophene rings is 1. The van der Waals surface area contributed by atoms with Crippen molar-refractivity contribution >= 4 is 43.8 Å².